The van der Waals surface area contributed by atoms with Gasteiger partial charge in [0.2, 0.25) is 11.8 Å². The van der Waals surface area contributed by atoms with E-state index in [0.29, 0.717) is 45.9 Å². The van der Waals surface area contributed by atoms with Crippen LogP contribution in [0.15, 0.2) is 42.5 Å². The van der Waals surface area contributed by atoms with Crippen molar-refractivity contribution in [2.45, 2.75) is 25.8 Å². The quantitative estimate of drug-likeness (QED) is 0.388. The minimum absolute atomic E-state index is 0.162. The van der Waals surface area contributed by atoms with Crippen LogP contribution in [0.25, 0.3) is 11.3 Å². The van der Waals surface area contributed by atoms with Crippen molar-refractivity contribution in [3.8, 4) is 23.0 Å². The number of carboxylic acid groups (broad SMARTS) is 1. The molecule has 216 valence electrons. The van der Waals surface area contributed by atoms with E-state index in [1.165, 1.54) is 0 Å². The van der Waals surface area contributed by atoms with Crippen molar-refractivity contribution in [2.75, 3.05) is 51.2 Å². The average molecular weight is 598 g/mol. The molecule has 0 bridgehead atoms. The second kappa shape index (κ2) is 12.1. The van der Waals surface area contributed by atoms with Gasteiger partial charge in [-0.1, -0.05) is 23.2 Å². The molecule has 2 aliphatic heterocycles. The van der Waals surface area contributed by atoms with Gasteiger partial charge >= 0.3 is 5.97 Å². The molecule has 0 spiro atoms. The Morgan fingerprint density at radius 3 is 2.37 bits per heavy atom. The van der Waals surface area contributed by atoms with E-state index < -0.39 is 5.97 Å². The van der Waals surface area contributed by atoms with Crippen molar-refractivity contribution in [1.29, 1.82) is 0 Å². The third-order valence-corrected chi connectivity index (χ3v) is 8.92. The van der Waals surface area contributed by atoms with Gasteiger partial charge in [-0.3, -0.25) is 9.69 Å². The monoisotopic (exact) mass is 596 g/mol. The Morgan fingerprint density at radius 2 is 1.68 bits per heavy atom. The van der Waals surface area contributed by atoms with Crippen LogP contribution in [-0.2, 0) is 11.3 Å². The SMILES string of the molecule is CN1CCCN(c2ccc(Oc3cc(CN4CC[C@@H]5[C@H](CC4)[C@@H]5C(=O)O)cc(-c4cc(Cl)cc(Cl)c4)n3)nn2)CC1. The van der Waals surface area contributed by atoms with Crippen LogP contribution in [0, 0.1) is 17.8 Å². The Morgan fingerprint density at radius 1 is 0.927 bits per heavy atom. The van der Waals surface area contributed by atoms with Crippen LogP contribution in [0.3, 0.4) is 0 Å². The van der Waals surface area contributed by atoms with E-state index in [0.717, 1.165) is 75.5 Å². The maximum absolute atomic E-state index is 11.5. The molecule has 1 aliphatic carbocycles. The molecule has 3 atom stereocenters. The minimum atomic E-state index is -0.649. The van der Waals surface area contributed by atoms with Gasteiger partial charge < -0.3 is 19.6 Å². The lowest BCUT2D eigenvalue weighted by molar-refractivity contribution is -0.139. The van der Waals surface area contributed by atoms with Crippen molar-refractivity contribution < 1.29 is 14.6 Å². The normalized spacial score (nSPS) is 23.4. The number of pyridine rings is 1. The maximum atomic E-state index is 11.5. The van der Waals surface area contributed by atoms with Crippen LogP contribution in [0.5, 0.6) is 11.8 Å². The first kappa shape index (κ1) is 28.2. The Labute approximate surface area is 250 Å². The molecule has 2 saturated heterocycles. The van der Waals surface area contributed by atoms with Crippen molar-refractivity contribution in [2.24, 2.45) is 17.8 Å². The summed E-state index contributed by atoms with van der Waals surface area (Å²) in [6.07, 6.45) is 2.89. The van der Waals surface area contributed by atoms with E-state index in [4.69, 9.17) is 32.9 Å². The summed E-state index contributed by atoms with van der Waals surface area (Å²) in [6, 6.07) is 13.1. The molecule has 2 aromatic heterocycles. The summed E-state index contributed by atoms with van der Waals surface area (Å²) in [5.74, 6) is 1.41. The van der Waals surface area contributed by atoms with Gasteiger partial charge in [0.15, 0.2) is 5.82 Å². The molecule has 0 amide bonds. The molecule has 1 N–H and O–H groups in total. The summed E-state index contributed by atoms with van der Waals surface area (Å²) in [7, 11) is 2.14. The predicted molar refractivity (Wildman–Crippen MR) is 159 cm³/mol. The predicted octanol–water partition coefficient (Wildman–Crippen LogP) is 5.32. The number of rotatable bonds is 7. The number of aromatic nitrogens is 3. The number of likely N-dealkylation sites (N-methyl/N-ethyl adjacent to an activating group) is 1. The molecule has 1 saturated carbocycles. The van der Waals surface area contributed by atoms with Crippen LogP contribution >= 0.6 is 23.2 Å². The number of anilines is 1. The number of hydrogen-bond acceptors (Lipinski definition) is 8. The number of benzene rings is 1. The van der Waals surface area contributed by atoms with Gasteiger partial charge in [0.1, 0.15) is 0 Å². The highest BCUT2D eigenvalue weighted by molar-refractivity contribution is 6.35. The van der Waals surface area contributed by atoms with Crippen LogP contribution in [0.2, 0.25) is 10.0 Å². The Balaban J connectivity index is 1.21. The molecule has 3 aliphatic rings. The Kier molecular flexibility index (Phi) is 8.30. The van der Waals surface area contributed by atoms with Crippen molar-refractivity contribution in [3.05, 3.63) is 58.1 Å². The standard InChI is InChI=1S/C30H34Cl2N6O3/c1-36-7-2-8-38(12-11-36)26-3-4-27(35-34-26)41-28-14-19(13-25(33-28)20-15-21(31)17-22(32)16-20)18-37-9-5-23-24(6-10-37)29(23)30(39)40/h3-4,13-17,23-24,29H,2,5-12,18H2,1H3,(H,39,40)/t23-,24+,29-. The molecule has 4 heterocycles. The van der Waals surface area contributed by atoms with Gasteiger partial charge in [-0.25, -0.2) is 4.98 Å². The molecule has 3 aromatic rings. The van der Waals surface area contributed by atoms with Gasteiger partial charge in [0.25, 0.3) is 0 Å². The van der Waals surface area contributed by atoms with Gasteiger partial charge in [0.05, 0.1) is 11.6 Å². The Bertz CT molecular complexity index is 1370. The number of fused-ring (bicyclic) bond motifs is 1. The second-order valence-corrected chi connectivity index (χ2v) is 12.3. The first-order valence-corrected chi connectivity index (χ1v) is 15.0. The zero-order valence-electron chi connectivity index (χ0n) is 23.0. The molecule has 6 rings (SSSR count). The highest BCUT2D eigenvalue weighted by Crippen LogP contribution is 2.52. The average Bonchev–Trinajstić information content (AvgIpc) is 3.71. The molecular weight excluding hydrogens is 563 g/mol. The van der Waals surface area contributed by atoms with E-state index >= 15 is 0 Å². The van der Waals surface area contributed by atoms with Gasteiger partial charge in [-0.05, 0) is 93.7 Å². The summed E-state index contributed by atoms with van der Waals surface area (Å²) in [5, 5.41) is 19.3. The summed E-state index contributed by atoms with van der Waals surface area (Å²) < 4.78 is 6.14. The van der Waals surface area contributed by atoms with Crippen LogP contribution in [0.1, 0.15) is 24.8 Å². The van der Waals surface area contributed by atoms with E-state index in [1.807, 2.05) is 36.4 Å². The highest BCUT2D eigenvalue weighted by Gasteiger charge is 2.54. The zero-order chi connectivity index (χ0) is 28.5. The number of hydrogen-bond donors (Lipinski definition) is 1. The number of halogens is 2. The van der Waals surface area contributed by atoms with E-state index in [9.17, 15) is 9.90 Å². The summed E-state index contributed by atoms with van der Waals surface area (Å²) in [5.41, 5.74) is 2.52. The molecule has 0 radical (unpaired) electrons. The lowest BCUT2D eigenvalue weighted by atomic mass is 10.1. The van der Waals surface area contributed by atoms with E-state index in [1.54, 1.807) is 6.07 Å². The number of carbonyl (C=O) groups is 1. The van der Waals surface area contributed by atoms with Crippen LogP contribution in [0.4, 0.5) is 5.82 Å². The van der Waals surface area contributed by atoms with Crippen molar-refractivity contribution in [3.63, 3.8) is 0 Å². The number of ether oxygens (including phenoxy) is 1. The molecule has 41 heavy (non-hydrogen) atoms. The number of carboxylic acids is 1. The van der Waals surface area contributed by atoms with Gasteiger partial charge in [-0.2, -0.15) is 0 Å². The third kappa shape index (κ3) is 6.75. The topological polar surface area (TPSA) is 94.9 Å². The smallest absolute Gasteiger partial charge is 0.307 e. The van der Waals surface area contributed by atoms with E-state index in [2.05, 4.69) is 31.9 Å². The van der Waals surface area contributed by atoms with Gasteiger partial charge in [0, 0.05) is 53.9 Å². The number of aliphatic carboxylic acids is 1. The maximum Gasteiger partial charge on any atom is 0.307 e. The first-order chi connectivity index (χ1) is 19.8. The van der Waals surface area contributed by atoms with Crippen molar-refractivity contribution in [1.82, 2.24) is 25.0 Å². The fraction of sp³-hybridized carbons (Fsp3) is 0.467. The highest BCUT2D eigenvalue weighted by atomic mass is 35.5. The largest absolute Gasteiger partial charge is 0.481 e. The Hall–Kier alpha value is -2.98. The summed E-state index contributed by atoms with van der Waals surface area (Å²) >= 11 is 12.6. The third-order valence-electron chi connectivity index (χ3n) is 8.48. The number of likely N-dealkylation sites (tertiary alicyclic amines) is 1. The lowest BCUT2D eigenvalue weighted by Gasteiger charge is -2.22. The van der Waals surface area contributed by atoms with E-state index in [-0.39, 0.29) is 5.92 Å². The fourth-order valence-electron chi connectivity index (χ4n) is 6.26. The fourth-order valence-corrected chi connectivity index (χ4v) is 6.79. The molecular formula is C30H34Cl2N6O3. The minimum Gasteiger partial charge on any atom is -0.481 e. The summed E-state index contributed by atoms with van der Waals surface area (Å²) in [6.45, 7) is 6.35. The molecule has 9 nitrogen and oxygen atoms in total. The molecule has 0 unspecified atom stereocenters. The summed E-state index contributed by atoms with van der Waals surface area (Å²) in [4.78, 5) is 23.2. The van der Waals surface area contributed by atoms with Crippen molar-refractivity contribution >= 4 is 35.0 Å². The van der Waals surface area contributed by atoms with Gasteiger partial charge in [-0.15, -0.1) is 10.2 Å². The zero-order valence-corrected chi connectivity index (χ0v) is 24.6. The molecule has 11 heteroatoms. The second-order valence-electron chi connectivity index (χ2n) is 11.4. The first-order valence-electron chi connectivity index (χ1n) is 14.2. The lowest BCUT2D eigenvalue weighted by Crippen LogP contribution is -2.29. The number of nitrogens with zero attached hydrogens (tertiary/aromatic N) is 6. The molecule has 1 aromatic carbocycles. The molecule has 3 fully saturated rings. The van der Waals surface area contributed by atoms with Crippen LogP contribution in [-0.4, -0.2) is 82.4 Å². The van der Waals surface area contributed by atoms with Crippen LogP contribution < -0.4 is 9.64 Å².